The minimum absolute atomic E-state index is 0.416. The molecule has 1 heteroatoms. The van der Waals surface area contributed by atoms with Crippen molar-refractivity contribution < 1.29 is 5.11 Å². The van der Waals surface area contributed by atoms with Crippen molar-refractivity contribution in [3.63, 3.8) is 0 Å². The molecule has 0 amide bonds. The Morgan fingerprint density at radius 2 is 1.76 bits per heavy atom. The zero-order valence-electron chi connectivity index (χ0n) is 11.3. The molecular weight excluding hydrogens is 208 g/mol. The van der Waals surface area contributed by atoms with E-state index in [1.54, 1.807) is 0 Å². The highest BCUT2D eigenvalue weighted by Gasteiger charge is 2.36. The number of aryl methyl sites for hydroxylation is 1. The van der Waals surface area contributed by atoms with Crippen LogP contribution in [-0.4, -0.2) is 10.7 Å². The SMILES string of the molecule is Cc1cccc(CC2(O)CCC(C)(C)CC2)c1. The molecule has 1 saturated carbocycles. The van der Waals surface area contributed by atoms with Crippen molar-refractivity contribution >= 4 is 0 Å². The second-order valence-corrected chi connectivity index (χ2v) is 6.55. The van der Waals surface area contributed by atoms with E-state index in [2.05, 4.69) is 45.0 Å². The fourth-order valence-corrected chi connectivity index (χ4v) is 2.77. The number of rotatable bonds is 2. The molecule has 0 heterocycles. The molecule has 17 heavy (non-hydrogen) atoms. The lowest BCUT2D eigenvalue weighted by atomic mass is 9.69. The lowest BCUT2D eigenvalue weighted by Gasteiger charge is -2.40. The minimum atomic E-state index is -0.469. The maximum Gasteiger partial charge on any atom is 0.0688 e. The van der Waals surface area contributed by atoms with Gasteiger partial charge in [-0.3, -0.25) is 0 Å². The maximum absolute atomic E-state index is 10.6. The first-order valence-corrected chi connectivity index (χ1v) is 6.67. The Morgan fingerprint density at radius 1 is 1.12 bits per heavy atom. The molecule has 1 aliphatic rings. The van der Waals surface area contributed by atoms with Gasteiger partial charge in [-0.2, -0.15) is 0 Å². The van der Waals surface area contributed by atoms with Crippen LogP contribution in [0.25, 0.3) is 0 Å². The van der Waals surface area contributed by atoms with E-state index in [0.717, 1.165) is 32.1 Å². The predicted octanol–water partition coefficient (Wildman–Crippen LogP) is 3.87. The summed E-state index contributed by atoms with van der Waals surface area (Å²) in [6.45, 7) is 6.72. The summed E-state index contributed by atoms with van der Waals surface area (Å²) >= 11 is 0. The van der Waals surface area contributed by atoms with Gasteiger partial charge in [-0.1, -0.05) is 43.7 Å². The van der Waals surface area contributed by atoms with Gasteiger partial charge in [0.15, 0.2) is 0 Å². The van der Waals surface area contributed by atoms with Crippen molar-refractivity contribution in [2.75, 3.05) is 0 Å². The van der Waals surface area contributed by atoms with E-state index in [-0.39, 0.29) is 0 Å². The van der Waals surface area contributed by atoms with Crippen LogP contribution in [-0.2, 0) is 6.42 Å². The summed E-state index contributed by atoms with van der Waals surface area (Å²) in [5.74, 6) is 0. The summed E-state index contributed by atoms with van der Waals surface area (Å²) in [7, 11) is 0. The standard InChI is InChI=1S/C16H24O/c1-13-5-4-6-14(11-13)12-16(17)9-7-15(2,3)8-10-16/h4-6,11,17H,7-10,12H2,1-3H3. The van der Waals surface area contributed by atoms with Gasteiger partial charge in [0.1, 0.15) is 0 Å². The summed E-state index contributed by atoms with van der Waals surface area (Å²) in [5, 5.41) is 10.6. The van der Waals surface area contributed by atoms with Crippen LogP contribution in [0.4, 0.5) is 0 Å². The van der Waals surface area contributed by atoms with Crippen LogP contribution in [0.2, 0.25) is 0 Å². The molecule has 0 aromatic heterocycles. The number of benzene rings is 1. The zero-order valence-corrected chi connectivity index (χ0v) is 11.3. The van der Waals surface area contributed by atoms with Gasteiger partial charge in [0.05, 0.1) is 5.60 Å². The Bertz CT molecular complexity index is 382. The average Bonchev–Trinajstić information content (AvgIpc) is 2.24. The summed E-state index contributed by atoms with van der Waals surface area (Å²) < 4.78 is 0. The summed E-state index contributed by atoms with van der Waals surface area (Å²) in [4.78, 5) is 0. The predicted molar refractivity (Wildman–Crippen MR) is 72.1 cm³/mol. The fraction of sp³-hybridized carbons (Fsp3) is 0.625. The third-order valence-corrected chi connectivity index (χ3v) is 4.15. The zero-order chi connectivity index (χ0) is 12.5. The Kier molecular flexibility index (Phi) is 3.31. The van der Waals surface area contributed by atoms with E-state index in [4.69, 9.17) is 0 Å². The largest absolute Gasteiger partial charge is 0.390 e. The molecule has 0 aliphatic heterocycles. The molecule has 1 aromatic carbocycles. The van der Waals surface area contributed by atoms with Gasteiger partial charge in [0.2, 0.25) is 0 Å². The average molecular weight is 232 g/mol. The van der Waals surface area contributed by atoms with Gasteiger partial charge in [-0.25, -0.2) is 0 Å². The van der Waals surface area contributed by atoms with Gasteiger partial charge in [0, 0.05) is 6.42 Å². The van der Waals surface area contributed by atoms with E-state index in [0.29, 0.717) is 5.41 Å². The Labute approximate surface area is 105 Å². The van der Waals surface area contributed by atoms with Crippen molar-refractivity contribution in [1.82, 2.24) is 0 Å². The van der Waals surface area contributed by atoms with Gasteiger partial charge < -0.3 is 5.11 Å². The molecule has 0 atom stereocenters. The lowest BCUT2D eigenvalue weighted by Crippen LogP contribution is -2.38. The van der Waals surface area contributed by atoms with Gasteiger partial charge in [0.25, 0.3) is 0 Å². The van der Waals surface area contributed by atoms with Crippen molar-refractivity contribution in [1.29, 1.82) is 0 Å². The molecule has 0 bridgehead atoms. The van der Waals surface area contributed by atoms with Gasteiger partial charge in [-0.15, -0.1) is 0 Å². The fourth-order valence-electron chi connectivity index (χ4n) is 2.77. The van der Waals surface area contributed by atoms with E-state index in [1.165, 1.54) is 11.1 Å². The summed E-state index contributed by atoms with van der Waals surface area (Å²) in [5.41, 5.74) is 2.50. The van der Waals surface area contributed by atoms with Gasteiger partial charge in [-0.05, 0) is 43.6 Å². The molecule has 1 aromatic rings. The first-order valence-electron chi connectivity index (χ1n) is 6.67. The third-order valence-electron chi connectivity index (χ3n) is 4.15. The molecule has 1 N–H and O–H groups in total. The Hall–Kier alpha value is -0.820. The molecule has 94 valence electrons. The van der Waals surface area contributed by atoms with Crippen LogP contribution in [0.1, 0.15) is 50.7 Å². The minimum Gasteiger partial charge on any atom is -0.390 e. The first-order chi connectivity index (χ1) is 7.89. The van der Waals surface area contributed by atoms with Crippen molar-refractivity contribution in [3.8, 4) is 0 Å². The molecule has 1 aliphatic carbocycles. The highest BCUT2D eigenvalue weighted by molar-refractivity contribution is 5.23. The molecule has 0 spiro atoms. The molecular formula is C16H24O. The van der Waals surface area contributed by atoms with Crippen LogP contribution in [0.15, 0.2) is 24.3 Å². The molecule has 2 rings (SSSR count). The smallest absolute Gasteiger partial charge is 0.0688 e. The lowest BCUT2D eigenvalue weighted by molar-refractivity contribution is -0.0251. The summed E-state index contributed by atoms with van der Waals surface area (Å²) in [6, 6.07) is 8.51. The highest BCUT2D eigenvalue weighted by atomic mass is 16.3. The number of hydrogen-bond donors (Lipinski definition) is 1. The maximum atomic E-state index is 10.6. The van der Waals surface area contributed by atoms with Crippen molar-refractivity contribution in [2.45, 2.75) is 58.5 Å². The van der Waals surface area contributed by atoms with E-state index in [1.807, 2.05) is 0 Å². The Balaban J connectivity index is 2.04. The van der Waals surface area contributed by atoms with Crippen LogP contribution in [0, 0.1) is 12.3 Å². The highest BCUT2D eigenvalue weighted by Crippen LogP contribution is 2.41. The van der Waals surface area contributed by atoms with Crippen LogP contribution in [0.5, 0.6) is 0 Å². The second-order valence-electron chi connectivity index (χ2n) is 6.55. The van der Waals surface area contributed by atoms with Crippen molar-refractivity contribution in [3.05, 3.63) is 35.4 Å². The van der Waals surface area contributed by atoms with Crippen LogP contribution < -0.4 is 0 Å². The number of hydrogen-bond acceptors (Lipinski definition) is 1. The monoisotopic (exact) mass is 232 g/mol. The quantitative estimate of drug-likeness (QED) is 0.820. The van der Waals surface area contributed by atoms with E-state index >= 15 is 0 Å². The Morgan fingerprint density at radius 3 is 2.35 bits per heavy atom. The topological polar surface area (TPSA) is 20.2 Å². The molecule has 0 unspecified atom stereocenters. The first kappa shape index (κ1) is 12.6. The molecule has 0 saturated heterocycles. The van der Waals surface area contributed by atoms with E-state index in [9.17, 15) is 5.11 Å². The normalized spacial score (nSPS) is 22.4. The van der Waals surface area contributed by atoms with Gasteiger partial charge >= 0.3 is 0 Å². The van der Waals surface area contributed by atoms with Crippen molar-refractivity contribution in [2.24, 2.45) is 5.41 Å². The van der Waals surface area contributed by atoms with E-state index < -0.39 is 5.60 Å². The molecule has 1 fully saturated rings. The van der Waals surface area contributed by atoms with Crippen LogP contribution in [0.3, 0.4) is 0 Å². The van der Waals surface area contributed by atoms with Crippen LogP contribution >= 0.6 is 0 Å². The summed E-state index contributed by atoms with van der Waals surface area (Å²) in [6.07, 6.45) is 4.96. The third kappa shape index (κ3) is 3.32. The second kappa shape index (κ2) is 4.45. The molecule has 1 nitrogen and oxygen atoms in total. The molecule has 0 radical (unpaired) electrons. The number of aliphatic hydroxyl groups is 1.